The Kier molecular flexibility index (Phi) is 14.9. The highest BCUT2D eigenvalue weighted by atomic mass is 127. The van der Waals surface area contributed by atoms with Gasteiger partial charge in [0.25, 0.3) is 0 Å². The van der Waals surface area contributed by atoms with E-state index in [1.165, 1.54) is 0 Å². The number of likely N-dealkylation sites (tertiary alicyclic amines) is 1. The predicted octanol–water partition coefficient (Wildman–Crippen LogP) is 2.16. The van der Waals surface area contributed by atoms with E-state index in [-0.39, 0.29) is 42.0 Å². The smallest absolute Gasteiger partial charge is 0.239 e. The molecule has 166 valence electrons. The number of likely N-dealkylation sites (N-methyl/N-ethyl adjacent to an activating group) is 1. The fraction of sp³-hybridized carbons (Fsp3) is 0.900. The van der Waals surface area contributed by atoms with Gasteiger partial charge in [0.05, 0.1) is 12.1 Å². The summed E-state index contributed by atoms with van der Waals surface area (Å²) in [5.41, 5.74) is 0. The highest BCUT2D eigenvalue weighted by Crippen LogP contribution is 2.18. The molecule has 28 heavy (non-hydrogen) atoms. The molecule has 0 spiro atoms. The number of amides is 1. The Hall–Kier alpha value is -0.610. The molecule has 2 unspecified atom stereocenters. The molecule has 0 radical (unpaired) electrons. The number of hydrogen-bond donors (Lipinski definition) is 2. The summed E-state index contributed by atoms with van der Waals surface area (Å²) in [5.74, 6) is 1.57. The zero-order valence-corrected chi connectivity index (χ0v) is 21.0. The molecule has 1 aliphatic heterocycles. The minimum Gasteiger partial charge on any atom is -0.378 e. The molecule has 1 rings (SSSR count). The number of hydrogen-bond acceptors (Lipinski definition) is 4. The van der Waals surface area contributed by atoms with Crippen LogP contribution in [0.1, 0.15) is 46.5 Å². The van der Waals surface area contributed by atoms with Crippen LogP contribution in [-0.2, 0) is 9.53 Å². The third kappa shape index (κ3) is 9.73. The second kappa shape index (κ2) is 15.3. The number of ether oxygens (including phenoxy) is 1. The summed E-state index contributed by atoms with van der Waals surface area (Å²) in [6, 6.07) is 0.0592. The average Bonchev–Trinajstić information content (AvgIpc) is 3.10. The maximum atomic E-state index is 12.2. The highest BCUT2D eigenvalue weighted by Gasteiger charge is 2.30. The quantitative estimate of drug-likeness (QED) is 0.193. The second-order valence-corrected chi connectivity index (χ2v) is 7.73. The number of carbonyl (C=O) groups excluding carboxylic acids is 1. The van der Waals surface area contributed by atoms with Crippen LogP contribution in [0.15, 0.2) is 4.99 Å². The van der Waals surface area contributed by atoms with Crippen molar-refractivity contribution in [3.05, 3.63) is 0 Å². The van der Waals surface area contributed by atoms with Crippen molar-refractivity contribution < 1.29 is 9.53 Å². The number of nitrogens with zero attached hydrogens (tertiary/aromatic N) is 3. The van der Waals surface area contributed by atoms with Gasteiger partial charge in [0.2, 0.25) is 5.91 Å². The van der Waals surface area contributed by atoms with E-state index in [1.54, 1.807) is 11.9 Å². The van der Waals surface area contributed by atoms with E-state index in [4.69, 9.17) is 4.74 Å². The topological polar surface area (TPSA) is 69.2 Å². The first kappa shape index (κ1) is 27.4. The van der Waals surface area contributed by atoms with Gasteiger partial charge in [-0.2, -0.15) is 0 Å². The second-order valence-electron chi connectivity index (χ2n) is 7.73. The molecular formula is C20H42IN5O2. The van der Waals surface area contributed by atoms with Crippen LogP contribution in [0.3, 0.4) is 0 Å². The van der Waals surface area contributed by atoms with Crippen molar-refractivity contribution in [2.24, 2.45) is 10.9 Å². The number of rotatable bonds is 11. The van der Waals surface area contributed by atoms with Gasteiger partial charge in [-0.05, 0) is 45.1 Å². The molecule has 1 amide bonds. The molecule has 0 aromatic rings. The number of guanidine groups is 1. The molecule has 1 heterocycles. The van der Waals surface area contributed by atoms with Crippen molar-refractivity contribution in [2.75, 3.05) is 53.9 Å². The maximum Gasteiger partial charge on any atom is 0.239 e. The average molecular weight is 511 g/mol. The van der Waals surface area contributed by atoms with Gasteiger partial charge in [-0.25, -0.2) is 0 Å². The monoisotopic (exact) mass is 511 g/mol. The third-order valence-electron chi connectivity index (χ3n) is 5.07. The molecule has 2 N–H and O–H groups in total. The van der Waals surface area contributed by atoms with Crippen LogP contribution in [-0.4, -0.2) is 87.7 Å². The van der Waals surface area contributed by atoms with E-state index in [9.17, 15) is 4.79 Å². The first-order chi connectivity index (χ1) is 12.9. The fourth-order valence-corrected chi connectivity index (χ4v) is 3.54. The van der Waals surface area contributed by atoms with E-state index in [1.807, 2.05) is 21.0 Å². The van der Waals surface area contributed by atoms with Crippen LogP contribution >= 0.6 is 24.0 Å². The van der Waals surface area contributed by atoms with E-state index in [0.29, 0.717) is 5.92 Å². The molecular weight excluding hydrogens is 469 g/mol. The minimum atomic E-state index is 0. The SMILES string of the molecule is CCOC(CCNC(=NC)NCCCN1CCCC1C(=O)N(C)C)C(C)C.I. The van der Waals surface area contributed by atoms with Crippen molar-refractivity contribution in [1.29, 1.82) is 0 Å². The fourth-order valence-electron chi connectivity index (χ4n) is 3.54. The van der Waals surface area contributed by atoms with Crippen molar-refractivity contribution in [1.82, 2.24) is 20.4 Å². The van der Waals surface area contributed by atoms with Crippen molar-refractivity contribution in [3.63, 3.8) is 0 Å². The lowest BCUT2D eigenvalue weighted by atomic mass is 10.0. The number of carbonyl (C=O) groups is 1. The molecule has 1 fully saturated rings. The molecule has 8 heteroatoms. The van der Waals surface area contributed by atoms with Gasteiger partial charge in [0.1, 0.15) is 0 Å². The Morgan fingerprint density at radius 2 is 1.96 bits per heavy atom. The molecule has 1 saturated heterocycles. The van der Waals surface area contributed by atoms with E-state index in [2.05, 4.69) is 34.4 Å². The number of aliphatic imine (C=N–C) groups is 1. The van der Waals surface area contributed by atoms with Gasteiger partial charge in [-0.3, -0.25) is 14.7 Å². The van der Waals surface area contributed by atoms with Crippen LogP contribution in [0.5, 0.6) is 0 Å². The summed E-state index contributed by atoms with van der Waals surface area (Å²) in [5, 5.41) is 6.74. The predicted molar refractivity (Wildman–Crippen MR) is 128 cm³/mol. The van der Waals surface area contributed by atoms with E-state index >= 15 is 0 Å². The standard InChI is InChI=1S/C20H41N5O2.HI/c1-7-27-18(16(2)3)11-13-23-20(21-4)22-12-9-15-25-14-8-10-17(25)19(26)24(5)6;/h16-18H,7-15H2,1-6H3,(H2,21,22,23);1H. The third-order valence-corrected chi connectivity index (χ3v) is 5.07. The summed E-state index contributed by atoms with van der Waals surface area (Å²) < 4.78 is 5.78. The van der Waals surface area contributed by atoms with E-state index < -0.39 is 0 Å². The van der Waals surface area contributed by atoms with Gasteiger partial charge in [-0.1, -0.05) is 13.8 Å². The molecule has 0 aromatic carbocycles. The van der Waals surface area contributed by atoms with Crippen molar-refractivity contribution >= 4 is 35.8 Å². The Bertz CT molecular complexity index is 460. The lowest BCUT2D eigenvalue weighted by Crippen LogP contribution is -2.44. The summed E-state index contributed by atoms with van der Waals surface area (Å²) in [4.78, 5) is 20.6. The van der Waals surface area contributed by atoms with E-state index in [0.717, 1.165) is 64.4 Å². The molecule has 2 atom stereocenters. The first-order valence-electron chi connectivity index (χ1n) is 10.4. The van der Waals surface area contributed by atoms with Crippen molar-refractivity contribution in [3.8, 4) is 0 Å². The Balaban J connectivity index is 0.00000729. The zero-order chi connectivity index (χ0) is 20.2. The van der Waals surface area contributed by atoms with Crippen LogP contribution in [0, 0.1) is 5.92 Å². The molecule has 1 aliphatic rings. The summed E-state index contributed by atoms with van der Waals surface area (Å²) in [6.45, 7) is 10.8. The van der Waals surface area contributed by atoms with Gasteiger partial charge >= 0.3 is 0 Å². The Morgan fingerprint density at radius 1 is 1.29 bits per heavy atom. The highest BCUT2D eigenvalue weighted by molar-refractivity contribution is 14.0. The number of halogens is 1. The van der Waals surface area contributed by atoms with Crippen molar-refractivity contribution in [2.45, 2.75) is 58.6 Å². The molecule has 0 aromatic heterocycles. The Labute approximate surface area is 189 Å². The van der Waals surface area contributed by atoms with Crippen LogP contribution in [0.25, 0.3) is 0 Å². The van der Waals surface area contributed by atoms with Gasteiger partial charge in [0, 0.05) is 47.4 Å². The van der Waals surface area contributed by atoms with Crippen LogP contribution in [0.2, 0.25) is 0 Å². The summed E-state index contributed by atoms with van der Waals surface area (Å²) in [6.07, 6.45) is 4.32. The van der Waals surface area contributed by atoms with Crippen LogP contribution < -0.4 is 10.6 Å². The zero-order valence-electron chi connectivity index (χ0n) is 18.7. The lowest BCUT2D eigenvalue weighted by molar-refractivity contribution is -0.133. The van der Waals surface area contributed by atoms with Gasteiger partial charge in [0.15, 0.2) is 5.96 Å². The summed E-state index contributed by atoms with van der Waals surface area (Å²) in [7, 11) is 5.47. The van der Waals surface area contributed by atoms with Gasteiger partial charge in [-0.15, -0.1) is 24.0 Å². The molecule has 0 saturated carbocycles. The lowest BCUT2D eigenvalue weighted by Gasteiger charge is -2.26. The molecule has 7 nitrogen and oxygen atoms in total. The molecule has 0 bridgehead atoms. The summed E-state index contributed by atoms with van der Waals surface area (Å²) >= 11 is 0. The normalized spacial score (nSPS) is 18.7. The largest absolute Gasteiger partial charge is 0.378 e. The first-order valence-corrected chi connectivity index (χ1v) is 10.4. The van der Waals surface area contributed by atoms with Gasteiger partial charge < -0.3 is 20.3 Å². The number of nitrogens with one attached hydrogen (secondary N) is 2. The minimum absolute atomic E-state index is 0. The molecule has 0 aliphatic carbocycles. The maximum absolute atomic E-state index is 12.2. The van der Waals surface area contributed by atoms with Crippen LogP contribution in [0.4, 0.5) is 0 Å². The Morgan fingerprint density at radius 3 is 2.54 bits per heavy atom.